The Bertz CT molecular complexity index is 2920. The molecule has 2 atom stereocenters. The third kappa shape index (κ3) is 5.18. The van der Waals surface area contributed by atoms with Crippen molar-refractivity contribution in [2.45, 2.75) is 12.0 Å². The molecule has 258 valence electrons. The molecule has 0 spiro atoms. The highest BCUT2D eigenvalue weighted by Gasteiger charge is 2.43. The Balaban J connectivity index is 1.02. The van der Waals surface area contributed by atoms with E-state index in [1.165, 1.54) is 38.9 Å². The Hall–Kier alpha value is -7.17. The Morgan fingerprint density at radius 2 is 0.982 bits per heavy atom. The van der Waals surface area contributed by atoms with Gasteiger partial charge in [-0.25, -0.2) is 15.0 Å². The van der Waals surface area contributed by atoms with E-state index in [1.54, 1.807) is 0 Å². The fraction of sp³-hybridized carbons (Fsp3) is 0.0392. The second-order valence-electron chi connectivity index (χ2n) is 14.3. The summed E-state index contributed by atoms with van der Waals surface area (Å²) in [7, 11) is 0. The summed E-state index contributed by atoms with van der Waals surface area (Å²) in [5.41, 5.74) is 15.6. The second-order valence-corrected chi connectivity index (χ2v) is 14.3. The van der Waals surface area contributed by atoms with Crippen molar-refractivity contribution in [1.82, 2.24) is 15.0 Å². The summed E-state index contributed by atoms with van der Waals surface area (Å²) in [5.74, 6) is 0.903. The van der Waals surface area contributed by atoms with Crippen molar-refractivity contribution in [3.63, 3.8) is 0 Å². The number of pyridine rings is 1. The first-order valence-corrected chi connectivity index (χ1v) is 18.9. The molecule has 0 N–H and O–H groups in total. The van der Waals surface area contributed by atoms with Gasteiger partial charge in [-0.3, -0.25) is 0 Å². The van der Waals surface area contributed by atoms with Crippen LogP contribution < -0.4 is 4.90 Å². The quantitative estimate of drug-likeness (QED) is 0.179. The van der Waals surface area contributed by atoms with Gasteiger partial charge in [0.2, 0.25) is 0 Å². The van der Waals surface area contributed by atoms with Gasteiger partial charge in [-0.15, -0.1) is 0 Å². The molecule has 2 aromatic heterocycles. The molecule has 0 saturated heterocycles. The smallest absolute Gasteiger partial charge is 0.160 e. The first-order valence-electron chi connectivity index (χ1n) is 18.9. The van der Waals surface area contributed by atoms with E-state index in [4.69, 9.17) is 15.0 Å². The molecule has 11 rings (SSSR count). The molecule has 0 fully saturated rings. The van der Waals surface area contributed by atoms with Crippen molar-refractivity contribution in [3.8, 4) is 45.0 Å². The third-order valence-electron chi connectivity index (χ3n) is 11.2. The zero-order valence-electron chi connectivity index (χ0n) is 29.9. The standard InChI is InChI=1S/C51H34N4/c1-3-13-33(14-4-1)34-23-25-36(26-24-34)48-42-19-8-11-21-45(42)53-51(54-48)37-27-29-38(30-28-37)55-46-22-12-9-17-39(46)40-31-32-43-47(50(40)55)41-18-7-10-20-44(41)52-49(43)35-15-5-2-6-16-35/h1-32,40,50H. The fourth-order valence-corrected chi connectivity index (χ4v) is 8.69. The van der Waals surface area contributed by atoms with Crippen LogP contribution in [0.4, 0.5) is 11.4 Å². The molecule has 55 heavy (non-hydrogen) atoms. The number of rotatable bonds is 5. The predicted molar refractivity (Wildman–Crippen MR) is 226 cm³/mol. The van der Waals surface area contributed by atoms with E-state index in [9.17, 15) is 0 Å². The van der Waals surface area contributed by atoms with Gasteiger partial charge in [-0.1, -0.05) is 152 Å². The van der Waals surface area contributed by atoms with Crippen molar-refractivity contribution in [1.29, 1.82) is 0 Å². The summed E-state index contributed by atoms with van der Waals surface area (Å²) in [6, 6.07) is 64.4. The second kappa shape index (κ2) is 12.8. The molecular formula is C51H34N4. The van der Waals surface area contributed by atoms with Crippen LogP contribution in [0.3, 0.4) is 0 Å². The van der Waals surface area contributed by atoms with Gasteiger partial charge in [0.15, 0.2) is 5.82 Å². The first-order chi connectivity index (χ1) is 27.3. The van der Waals surface area contributed by atoms with Crippen LogP contribution in [0.2, 0.25) is 0 Å². The molecule has 3 heterocycles. The number of aromatic nitrogens is 3. The van der Waals surface area contributed by atoms with Crippen LogP contribution in [0.15, 0.2) is 188 Å². The van der Waals surface area contributed by atoms with E-state index in [0.29, 0.717) is 5.82 Å². The van der Waals surface area contributed by atoms with Crippen LogP contribution in [-0.4, -0.2) is 15.0 Å². The topological polar surface area (TPSA) is 41.9 Å². The van der Waals surface area contributed by atoms with Gasteiger partial charge < -0.3 is 4.90 Å². The maximum absolute atomic E-state index is 5.25. The number of fused-ring (bicyclic) bond motifs is 8. The lowest BCUT2D eigenvalue weighted by Crippen LogP contribution is -2.25. The van der Waals surface area contributed by atoms with Gasteiger partial charge >= 0.3 is 0 Å². The SMILES string of the molecule is C1=CC2c3ccccc3N(c3ccc(-c4nc(-c5ccc(-c6ccccc6)cc5)c5ccccc5n4)cc3)C2c2c1c(-c1ccccc1)nc1ccccc21. The lowest BCUT2D eigenvalue weighted by Gasteiger charge is -2.35. The fourth-order valence-electron chi connectivity index (χ4n) is 8.69. The minimum Gasteiger partial charge on any atom is -0.333 e. The van der Waals surface area contributed by atoms with Crippen LogP contribution in [-0.2, 0) is 0 Å². The average molecular weight is 703 g/mol. The van der Waals surface area contributed by atoms with E-state index >= 15 is 0 Å². The van der Waals surface area contributed by atoms with Crippen LogP contribution >= 0.6 is 0 Å². The highest BCUT2D eigenvalue weighted by atomic mass is 15.2. The average Bonchev–Trinajstić information content (AvgIpc) is 3.61. The highest BCUT2D eigenvalue weighted by Crippen LogP contribution is 2.57. The molecule has 1 aliphatic carbocycles. The maximum Gasteiger partial charge on any atom is 0.160 e. The molecule has 7 aromatic carbocycles. The number of hydrogen-bond donors (Lipinski definition) is 0. The first kappa shape index (κ1) is 31.4. The van der Waals surface area contributed by atoms with Gasteiger partial charge in [0.05, 0.1) is 28.5 Å². The Morgan fingerprint density at radius 3 is 1.75 bits per heavy atom. The van der Waals surface area contributed by atoms with Crippen molar-refractivity contribution < 1.29 is 0 Å². The van der Waals surface area contributed by atoms with Gasteiger partial charge in [-0.05, 0) is 64.7 Å². The number of nitrogens with zero attached hydrogens (tertiary/aromatic N) is 4. The molecule has 9 aromatic rings. The van der Waals surface area contributed by atoms with Gasteiger partial charge in [0.25, 0.3) is 0 Å². The van der Waals surface area contributed by atoms with E-state index < -0.39 is 0 Å². The summed E-state index contributed by atoms with van der Waals surface area (Å²) in [6.07, 6.45) is 4.70. The Morgan fingerprint density at radius 1 is 0.418 bits per heavy atom. The molecule has 4 nitrogen and oxygen atoms in total. The van der Waals surface area contributed by atoms with E-state index in [0.717, 1.165) is 50.2 Å². The number of anilines is 2. The number of benzene rings is 7. The summed E-state index contributed by atoms with van der Waals surface area (Å²) in [4.78, 5) is 18.1. The lowest BCUT2D eigenvalue weighted by molar-refractivity contribution is 0.672. The largest absolute Gasteiger partial charge is 0.333 e. The minimum absolute atomic E-state index is 0.0565. The molecular weight excluding hydrogens is 669 g/mol. The predicted octanol–water partition coefficient (Wildman–Crippen LogP) is 12.8. The van der Waals surface area contributed by atoms with Crippen molar-refractivity contribution in [2.75, 3.05) is 4.90 Å². The Kier molecular flexibility index (Phi) is 7.27. The summed E-state index contributed by atoms with van der Waals surface area (Å²) in [6.45, 7) is 0. The van der Waals surface area contributed by atoms with E-state index in [2.05, 4.69) is 187 Å². The van der Waals surface area contributed by atoms with Gasteiger partial charge in [-0.2, -0.15) is 0 Å². The molecule has 2 unspecified atom stereocenters. The summed E-state index contributed by atoms with van der Waals surface area (Å²) < 4.78 is 0. The Labute approximate surface area is 319 Å². The number of hydrogen-bond acceptors (Lipinski definition) is 4. The van der Waals surface area contributed by atoms with Crippen LogP contribution in [0.25, 0.3) is 72.9 Å². The highest BCUT2D eigenvalue weighted by molar-refractivity contribution is 5.96. The lowest BCUT2D eigenvalue weighted by atomic mass is 9.80. The number of para-hydroxylation sites is 3. The van der Waals surface area contributed by atoms with Gasteiger partial charge in [0.1, 0.15) is 0 Å². The van der Waals surface area contributed by atoms with Gasteiger partial charge in [0, 0.05) is 50.3 Å². The maximum atomic E-state index is 5.25. The molecule has 2 aliphatic rings. The zero-order chi connectivity index (χ0) is 36.3. The van der Waals surface area contributed by atoms with E-state index in [-0.39, 0.29) is 12.0 Å². The summed E-state index contributed by atoms with van der Waals surface area (Å²) >= 11 is 0. The molecule has 0 amide bonds. The third-order valence-corrected chi connectivity index (χ3v) is 11.2. The van der Waals surface area contributed by atoms with Crippen molar-refractivity contribution in [3.05, 3.63) is 205 Å². The molecule has 0 bridgehead atoms. The summed E-state index contributed by atoms with van der Waals surface area (Å²) in [5, 5.41) is 2.23. The zero-order valence-corrected chi connectivity index (χ0v) is 29.9. The molecule has 0 radical (unpaired) electrons. The van der Waals surface area contributed by atoms with Crippen molar-refractivity contribution in [2.24, 2.45) is 0 Å². The minimum atomic E-state index is 0.0565. The molecule has 0 saturated carbocycles. The normalized spacial score (nSPS) is 15.5. The molecule has 1 aliphatic heterocycles. The monoisotopic (exact) mass is 702 g/mol. The van der Waals surface area contributed by atoms with Crippen LogP contribution in [0.1, 0.15) is 28.7 Å². The molecule has 4 heteroatoms. The van der Waals surface area contributed by atoms with Crippen LogP contribution in [0, 0.1) is 0 Å². The van der Waals surface area contributed by atoms with Crippen molar-refractivity contribution >= 4 is 39.3 Å². The van der Waals surface area contributed by atoms with Crippen LogP contribution in [0.5, 0.6) is 0 Å². The van der Waals surface area contributed by atoms with E-state index in [1.807, 2.05) is 12.1 Å².